The van der Waals surface area contributed by atoms with Gasteiger partial charge in [0.15, 0.2) is 0 Å². The van der Waals surface area contributed by atoms with E-state index in [4.69, 9.17) is 0 Å². The smallest absolute Gasteiger partial charge is 0.243 e. The Balaban J connectivity index is 1.32. The molecule has 1 unspecified atom stereocenters. The maximum atomic E-state index is 13.4. The summed E-state index contributed by atoms with van der Waals surface area (Å²) in [6, 6.07) is 5.26. The maximum absolute atomic E-state index is 13.4. The Kier molecular flexibility index (Phi) is 5.86. The molecule has 0 aliphatic carbocycles. The number of amides is 1. The van der Waals surface area contributed by atoms with Gasteiger partial charge in [-0.3, -0.25) is 9.78 Å². The first-order valence-corrected chi connectivity index (χ1v) is 12.9. The molecule has 170 valence electrons. The maximum Gasteiger partial charge on any atom is 0.243 e. The third-order valence-electron chi connectivity index (χ3n) is 6.81. The first-order chi connectivity index (χ1) is 15.5. The van der Waals surface area contributed by atoms with Crippen LogP contribution in [0.2, 0.25) is 0 Å². The molecule has 9 heteroatoms. The fourth-order valence-corrected chi connectivity index (χ4v) is 6.65. The third kappa shape index (κ3) is 3.99. The molecule has 0 saturated carbocycles. The van der Waals surface area contributed by atoms with Crippen molar-refractivity contribution in [1.29, 1.82) is 0 Å². The minimum absolute atomic E-state index is 0.103. The van der Waals surface area contributed by atoms with Gasteiger partial charge >= 0.3 is 0 Å². The standard InChI is InChI=1S/C23H29N5O3S/c29-23(19-5-4-11-26(17-19)22-16-24-9-10-25-22)28-14-8-18-15-20(6-7-21(18)28)32(30,31)27-12-2-1-3-13-27/h6-7,9-10,15-16,19H,1-5,8,11-14,17H2. The largest absolute Gasteiger partial charge is 0.355 e. The zero-order chi connectivity index (χ0) is 22.1. The van der Waals surface area contributed by atoms with Crippen LogP contribution in [0.3, 0.4) is 0 Å². The molecule has 0 bridgehead atoms. The highest BCUT2D eigenvalue weighted by molar-refractivity contribution is 7.89. The molecule has 2 aromatic rings. The lowest BCUT2D eigenvalue weighted by atomic mass is 9.96. The highest BCUT2D eigenvalue weighted by Crippen LogP contribution is 2.34. The number of carbonyl (C=O) groups excluding carboxylic acids is 1. The fraction of sp³-hybridized carbons (Fsp3) is 0.522. The topological polar surface area (TPSA) is 86.7 Å². The number of carbonyl (C=O) groups is 1. The van der Waals surface area contributed by atoms with E-state index in [1.807, 2.05) is 11.0 Å². The quantitative estimate of drug-likeness (QED) is 0.704. The number of benzene rings is 1. The number of nitrogens with zero attached hydrogens (tertiary/aromatic N) is 5. The Morgan fingerprint density at radius 1 is 1.00 bits per heavy atom. The van der Waals surface area contributed by atoms with Gasteiger partial charge in [0, 0.05) is 50.8 Å². The van der Waals surface area contributed by atoms with Crippen LogP contribution in [0.25, 0.3) is 0 Å². The monoisotopic (exact) mass is 455 g/mol. The number of sulfonamides is 1. The summed E-state index contributed by atoms with van der Waals surface area (Å²) < 4.78 is 27.7. The summed E-state index contributed by atoms with van der Waals surface area (Å²) in [5.74, 6) is 0.817. The second kappa shape index (κ2) is 8.78. The van der Waals surface area contributed by atoms with Crippen LogP contribution in [0.15, 0.2) is 41.7 Å². The van der Waals surface area contributed by atoms with Crippen molar-refractivity contribution >= 4 is 27.4 Å². The van der Waals surface area contributed by atoms with E-state index < -0.39 is 10.0 Å². The van der Waals surface area contributed by atoms with E-state index in [9.17, 15) is 13.2 Å². The Labute approximate surface area is 189 Å². The van der Waals surface area contributed by atoms with Crippen molar-refractivity contribution in [3.05, 3.63) is 42.4 Å². The molecule has 5 rings (SSSR count). The second-order valence-electron chi connectivity index (χ2n) is 8.84. The molecule has 2 fully saturated rings. The van der Waals surface area contributed by atoms with Gasteiger partial charge in [-0.25, -0.2) is 13.4 Å². The van der Waals surface area contributed by atoms with Crippen LogP contribution in [0.4, 0.5) is 11.5 Å². The van der Waals surface area contributed by atoms with Crippen molar-refractivity contribution in [3.63, 3.8) is 0 Å². The van der Waals surface area contributed by atoms with Crippen LogP contribution in [-0.2, 0) is 21.2 Å². The van der Waals surface area contributed by atoms with Gasteiger partial charge in [-0.2, -0.15) is 4.31 Å². The lowest BCUT2D eigenvalue weighted by Crippen LogP contribution is -2.44. The molecule has 1 amide bonds. The first-order valence-electron chi connectivity index (χ1n) is 11.5. The molecule has 0 radical (unpaired) electrons. The molecule has 1 aromatic carbocycles. The summed E-state index contributed by atoms with van der Waals surface area (Å²) in [4.78, 5) is 26.3. The fourth-order valence-electron chi connectivity index (χ4n) is 5.08. The normalized spacial score (nSPS) is 22.1. The van der Waals surface area contributed by atoms with Crippen LogP contribution in [-0.4, -0.2) is 61.3 Å². The highest BCUT2D eigenvalue weighted by atomic mass is 32.2. The van der Waals surface area contributed by atoms with E-state index in [0.29, 0.717) is 37.5 Å². The number of piperidine rings is 2. The Bertz CT molecular complexity index is 1090. The zero-order valence-electron chi connectivity index (χ0n) is 18.2. The minimum atomic E-state index is -3.47. The van der Waals surface area contributed by atoms with Gasteiger partial charge in [0.1, 0.15) is 5.82 Å². The molecule has 3 aliphatic rings. The van der Waals surface area contributed by atoms with Crippen LogP contribution in [0.5, 0.6) is 0 Å². The minimum Gasteiger partial charge on any atom is -0.355 e. The van der Waals surface area contributed by atoms with Crippen molar-refractivity contribution in [2.75, 3.05) is 42.5 Å². The summed E-state index contributed by atoms with van der Waals surface area (Å²) in [6.07, 6.45) is 10.4. The molecule has 32 heavy (non-hydrogen) atoms. The van der Waals surface area contributed by atoms with Gasteiger partial charge in [0.2, 0.25) is 15.9 Å². The van der Waals surface area contributed by atoms with E-state index in [1.54, 1.807) is 35.0 Å². The lowest BCUT2D eigenvalue weighted by Gasteiger charge is -2.34. The molecule has 1 atom stereocenters. The molecule has 0 spiro atoms. The van der Waals surface area contributed by atoms with E-state index in [0.717, 1.165) is 55.7 Å². The third-order valence-corrected chi connectivity index (χ3v) is 8.70. The predicted molar refractivity (Wildman–Crippen MR) is 122 cm³/mol. The van der Waals surface area contributed by atoms with Crippen molar-refractivity contribution in [3.8, 4) is 0 Å². The molecule has 1 aromatic heterocycles. The Morgan fingerprint density at radius 2 is 1.84 bits per heavy atom. The number of hydrogen-bond donors (Lipinski definition) is 0. The van der Waals surface area contributed by atoms with Gasteiger partial charge < -0.3 is 9.80 Å². The summed E-state index contributed by atoms with van der Waals surface area (Å²) in [7, 11) is -3.47. The summed E-state index contributed by atoms with van der Waals surface area (Å²) >= 11 is 0. The molecule has 0 N–H and O–H groups in total. The van der Waals surface area contributed by atoms with Gasteiger partial charge in [-0.05, 0) is 55.9 Å². The van der Waals surface area contributed by atoms with Crippen molar-refractivity contribution in [1.82, 2.24) is 14.3 Å². The number of rotatable bonds is 4. The Hall–Kier alpha value is -2.52. The van der Waals surface area contributed by atoms with E-state index in [1.165, 1.54) is 0 Å². The predicted octanol–water partition coefficient (Wildman–Crippen LogP) is 2.46. The van der Waals surface area contributed by atoms with Crippen molar-refractivity contribution < 1.29 is 13.2 Å². The van der Waals surface area contributed by atoms with Crippen molar-refractivity contribution in [2.24, 2.45) is 5.92 Å². The second-order valence-corrected chi connectivity index (χ2v) is 10.8. The SMILES string of the molecule is O=C(C1CCCN(c2cnccn2)C1)N1CCc2cc(S(=O)(=O)N3CCCCC3)ccc21. The number of hydrogen-bond acceptors (Lipinski definition) is 6. The van der Waals surface area contributed by atoms with Crippen LogP contribution in [0, 0.1) is 5.92 Å². The summed E-state index contributed by atoms with van der Waals surface area (Å²) in [5, 5.41) is 0. The Morgan fingerprint density at radius 3 is 2.62 bits per heavy atom. The van der Waals surface area contributed by atoms with E-state index >= 15 is 0 Å². The highest BCUT2D eigenvalue weighted by Gasteiger charge is 2.34. The van der Waals surface area contributed by atoms with Gasteiger partial charge in [0.05, 0.1) is 17.0 Å². The number of anilines is 2. The summed E-state index contributed by atoms with van der Waals surface area (Å²) in [6.45, 7) is 3.28. The molecule has 4 heterocycles. The number of aromatic nitrogens is 2. The molecule has 8 nitrogen and oxygen atoms in total. The average molecular weight is 456 g/mol. The molecule has 2 saturated heterocycles. The van der Waals surface area contributed by atoms with E-state index in [2.05, 4.69) is 14.9 Å². The van der Waals surface area contributed by atoms with Gasteiger partial charge in [-0.15, -0.1) is 0 Å². The number of fused-ring (bicyclic) bond motifs is 1. The van der Waals surface area contributed by atoms with E-state index in [-0.39, 0.29) is 11.8 Å². The van der Waals surface area contributed by atoms with Crippen molar-refractivity contribution in [2.45, 2.75) is 43.4 Å². The molecular weight excluding hydrogens is 426 g/mol. The van der Waals surface area contributed by atoms with Crippen LogP contribution >= 0.6 is 0 Å². The van der Waals surface area contributed by atoms with Crippen LogP contribution < -0.4 is 9.80 Å². The summed E-state index contributed by atoms with van der Waals surface area (Å²) in [5.41, 5.74) is 1.79. The van der Waals surface area contributed by atoms with Gasteiger partial charge in [0.25, 0.3) is 0 Å². The lowest BCUT2D eigenvalue weighted by molar-refractivity contribution is -0.122. The molecule has 3 aliphatic heterocycles. The zero-order valence-corrected chi connectivity index (χ0v) is 19.0. The van der Waals surface area contributed by atoms with Crippen LogP contribution in [0.1, 0.15) is 37.7 Å². The van der Waals surface area contributed by atoms with Gasteiger partial charge in [-0.1, -0.05) is 6.42 Å². The molecular formula is C23H29N5O3S. The first kappa shape index (κ1) is 21.3. The average Bonchev–Trinajstić information content (AvgIpc) is 3.28.